The summed E-state index contributed by atoms with van der Waals surface area (Å²) in [7, 11) is 0. The summed E-state index contributed by atoms with van der Waals surface area (Å²) in [6.07, 6.45) is 2.77. The second-order valence-corrected chi connectivity index (χ2v) is 5.75. The van der Waals surface area contributed by atoms with Crippen LogP contribution in [0.2, 0.25) is 4.34 Å². The minimum atomic E-state index is 0.0906. The van der Waals surface area contributed by atoms with Gasteiger partial charge in [0.05, 0.1) is 17.4 Å². The molecule has 1 rings (SSSR count). The third-order valence-corrected chi connectivity index (χ3v) is 3.60. The first-order chi connectivity index (χ1) is 8.67. The first-order valence-corrected chi connectivity index (χ1v) is 7.20. The van der Waals surface area contributed by atoms with Crippen LogP contribution in [-0.4, -0.2) is 30.4 Å². The first-order valence-electron chi connectivity index (χ1n) is 6.01. The molecule has 0 unspecified atom stereocenters. The van der Waals surface area contributed by atoms with Crippen LogP contribution in [0.5, 0.6) is 0 Å². The monoisotopic (exact) mass is 286 g/mol. The Hall–Kier alpha value is -0.840. The highest BCUT2D eigenvalue weighted by Crippen LogP contribution is 2.22. The molecule has 1 aromatic rings. The topological polar surface area (TPSA) is 32.3 Å². The second-order valence-electron chi connectivity index (χ2n) is 3.95. The highest BCUT2D eigenvalue weighted by atomic mass is 35.5. The van der Waals surface area contributed by atoms with E-state index in [2.05, 4.69) is 18.8 Å². The van der Waals surface area contributed by atoms with E-state index in [4.69, 9.17) is 11.6 Å². The third kappa shape index (κ3) is 5.21. The average molecular weight is 287 g/mol. The fourth-order valence-electron chi connectivity index (χ4n) is 1.52. The van der Waals surface area contributed by atoms with Gasteiger partial charge < -0.3 is 10.2 Å². The van der Waals surface area contributed by atoms with Gasteiger partial charge in [-0.25, -0.2) is 0 Å². The van der Waals surface area contributed by atoms with E-state index in [1.54, 1.807) is 11.0 Å². The molecule has 0 bridgehead atoms. The highest BCUT2D eigenvalue weighted by molar-refractivity contribution is 7.16. The van der Waals surface area contributed by atoms with Gasteiger partial charge in [0, 0.05) is 11.4 Å². The van der Waals surface area contributed by atoms with Crippen LogP contribution in [0.15, 0.2) is 24.8 Å². The van der Waals surface area contributed by atoms with Gasteiger partial charge in [-0.05, 0) is 25.1 Å². The highest BCUT2D eigenvalue weighted by Gasteiger charge is 2.13. The lowest BCUT2D eigenvalue weighted by Crippen LogP contribution is -2.37. The molecule has 0 fully saturated rings. The molecule has 0 aromatic carbocycles. The van der Waals surface area contributed by atoms with Crippen molar-refractivity contribution in [1.82, 2.24) is 10.2 Å². The lowest BCUT2D eigenvalue weighted by Gasteiger charge is -2.20. The number of nitrogens with one attached hydrogen (secondary N) is 1. The van der Waals surface area contributed by atoms with E-state index in [0.29, 0.717) is 19.6 Å². The van der Waals surface area contributed by atoms with Crippen molar-refractivity contribution in [3.8, 4) is 0 Å². The van der Waals surface area contributed by atoms with Gasteiger partial charge in [-0.2, -0.15) is 0 Å². The Kier molecular flexibility index (Phi) is 7.01. The standard InChI is InChI=1S/C13H19ClN2OS/c1-3-7-15-9-13(17)16(8-4-2)10-11-5-6-12(14)18-11/h4-6,15H,2-3,7-10H2,1H3. The molecule has 0 radical (unpaired) electrons. The molecular weight excluding hydrogens is 268 g/mol. The summed E-state index contributed by atoms with van der Waals surface area (Å²) in [5.41, 5.74) is 0. The molecule has 1 amide bonds. The predicted octanol–water partition coefficient (Wildman–Crippen LogP) is 2.92. The zero-order chi connectivity index (χ0) is 13.4. The van der Waals surface area contributed by atoms with E-state index in [1.165, 1.54) is 11.3 Å². The quantitative estimate of drug-likeness (QED) is 0.589. The molecule has 0 atom stereocenters. The van der Waals surface area contributed by atoms with Gasteiger partial charge in [-0.3, -0.25) is 4.79 Å². The number of carbonyl (C=O) groups is 1. The number of rotatable bonds is 8. The van der Waals surface area contributed by atoms with Gasteiger partial charge in [0.1, 0.15) is 0 Å². The Bertz CT molecular complexity index is 392. The first kappa shape index (κ1) is 15.2. The van der Waals surface area contributed by atoms with Crippen LogP contribution in [0.1, 0.15) is 18.2 Å². The molecule has 3 nitrogen and oxygen atoms in total. The minimum absolute atomic E-state index is 0.0906. The Morgan fingerprint density at radius 1 is 1.61 bits per heavy atom. The van der Waals surface area contributed by atoms with E-state index < -0.39 is 0 Å². The van der Waals surface area contributed by atoms with E-state index >= 15 is 0 Å². The number of amides is 1. The van der Waals surface area contributed by atoms with E-state index in [9.17, 15) is 4.79 Å². The van der Waals surface area contributed by atoms with Crippen molar-refractivity contribution in [2.75, 3.05) is 19.6 Å². The maximum absolute atomic E-state index is 12.0. The Labute approximate surface area is 117 Å². The van der Waals surface area contributed by atoms with Gasteiger partial charge >= 0.3 is 0 Å². The summed E-state index contributed by atoms with van der Waals surface area (Å²) < 4.78 is 0.750. The van der Waals surface area contributed by atoms with Gasteiger partial charge in [-0.1, -0.05) is 24.6 Å². The molecule has 0 aliphatic carbocycles. The molecule has 1 N–H and O–H groups in total. The lowest BCUT2D eigenvalue weighted by atomic mass is 10.3. The van der Waals surface area contributed by atoms with Crippen LogP contribution in [0.25, 0.3) is 0 Å². The molecule has 0 spiro atoms. The largest absolute Gasteiger partial charge is 0.333 e. The SMILES string of the molecule is C=CCN(Cc1ccc(Cl)s1)C(=O)CNCCC. The number of nitrogens with zero attached hydrogens (tertiary/aromatic N) is 1. The Balaban J connectivity index is 2.52. The molecule has 0 saturated heterocycles. The molecule has 0 aliphatic rings. The summed E-state index contributed by atoms with van der Waals surface area (Å²) in [4.78, 5) is 14.9. The van der Waals surface area contributed by atoms with Crippen LogP contribution in [0.3, 0.4) is 0 Å². The van der Waals surface area contributed by atoms with Gasteiger partial charge in [-0.15, -0.1) is 17.9 Å². The van der Waals surface area contributed by atoms with Crippen molar-refractivity contribution in [3.05, 3.63) is 34.0 Å². The van der Waals surface area contributed by atoms with Crippen molar-refractivity contribution in [1.29, 1.82) is 0 Å². The van der Waals surface area contributed by atoms with Crippen LogP contribution < -0.4 is 5.32 Å². The van der Waals surface area contributed by atoms with Crippen molar-refractivity contribution in [3.63, 3.8) is 0 Å². The number of hydrogen-bond acceptors (Lipinski definition) is 3. The van der Waals surface area contributed by atoms with E-state index in [0.717, 1.165) is 22.2 Å². The predicted molar refractivity (Wildman–Crippen MR) is 78.1 cm³/mol. The second kappa shape index (κ2) is 8.29. The minimum Gasteiger partial charge on any atom is -0.333 e. The molecule has 18 heavy (non-hydrogen) atoms. The fourth-order valence-corrected chi connectivity index (χ4v) is 2.62. The number of carbonyl (C=O) groups excluding carboxylic acids is 1. The maximum atomic E-state index is 12.0. The maximum Gasteiger partial charge on any atom is 0.237 e. The van der Waals surface area contributed by atoms with Crippen molar-refractivity contribution in [2.45, 2.75) is 19.9 Å². The van der Waals surface area contributed by atoms with Gasteiger partial charge in [0.2, 0.25) is 5.91 Å². The van der Waals surface area contributed by atoms with Crippen molar-refractivity contribution in [2.24, 2.45) is 0 Å². The van der Waals surface area contributed by atoms with Gasteiger partial charge in [0.15, 0.2) is 0 Å². The molecular formula is C13H19ClN2OS. The summed E-state index contributed by atoms with van der Waals surface area (Å²) in [6.45, 7) is 8.15. The zero-order valence-corrected chi connectivity index (χ0v) is 12.2. The molecule has 100 valence electrons. The van der Waals surface area contributed by atoms with Gasteiger partial charge in [0.25, 0.3) is 0 Å². The molecule has 0 saturated carbocycles. The Morgan fingerprint density at radius 3 is 2.94 bits per heavy atom. The summed E-state index contributed by atoms with van der Waals surface area (Å²) in [6, 6.07) is 3.81. The number of halogens is 1. The third-order valence-electron chi connectivity index (χ3n) is 2.38. The Morgan fingerprint density at radius 2 is 2.39 bits per heavy atom. The average Bonchev–Trinajstić information content (AvgIpc) is 2.74. The fraction of sp³-hybridized carbons (Fsp3) is 0.462. The molecule has 1 heterocycles. The van der Waals surface area contributed by atoms with Crippen LogP contribution in [0, 0.1) is 0 Å². The van der Waals surface area contributed by atoms with Crippen LogP contribution >= 0.6 is 22.9 Å². The lowest BCUT2D eigenvalue weighted by molar-refractivity contribution is -0.130. The number of hydrogen-bond donors (Lipinski definition) is 1. The smallest absolute Gasteiger partial charge is 0.237 e. The summed E-state index contributed by atoms with van der Waals surface area (Å²) in [5.74, 6) is 0.0906. The molecule has 5 heteroatoms. The summed E-state index contributed by atoms with van der Waals surface area (Å²) in [5, 5.41) is 3.12. The summed E-state index contributed by atoms with van der Waals surface area (Å²) >= 11 is 7.39. The number of thiophene rings is 1. The normalized spacial score (nSPS) is 10.3. The van der Waals surface area contributed by atoms with Crippen molar-refractivity contribution >= 4 is 28.8 Å². The van der Waals surface area contributed by atoms with Crippen LogP contribution in [-0.2, 0) is 11.3 Å². The van der Waals surface area contributed by atoms with Crippen LogP contribution in [0.4, 0.5) is 0 Å². The zero-order valence-electron chi connectivity index (χ0n) is 10.6. The van der Waals surface area contributed by atoms with E-state index in [1.807, 2.05) is 12.1 Å². The van der Waals surface area contributed by atoms with E-state index in [-0.39, 0.29) is 5.91 Å². The molecule has 1 aromatic heterocycles. The molecule has 0 aliphatic heterocycles. The van der Waals surface area contributed by atoms with Crippen molar-refractivity contribution < 1.29 is 4.79 Å².